The summed E-state index contributed by atoms with van der Waals surface area (Å²) < 4.78 is 0. The average molecular weight is 372 g/mol. The summed E-state index contributed by atoms with van der Waals surface area (Å²) in [4.78, 5) is 38.1. The zero-order valence-corrected chi connectivity index (χ0v) is 16.1. The number of hydrogen-bond donors (Lipinski definition) is 1. The molecule has 0 aliphatic carbocycles. The van der Waals surface area contributed by atoms with Crippen LogP contribution in [0.3, 0.4) is 0 Å². The van der Waals surface area contributed by atoms with Gasteiger partial charge in [0.2, 0.25) is 12.4 Å². The Balaban J connectivity index is 1.69. The minimum atomic E-state index is -0.457. The van der Waals surface area contributed by atoms with Gasteiger partial charge in [-0.1, -0.05) is 0 Å². The minimum Gasteiger partial charge on any atom is -0.373 e. The zero-order valence-electron chi connectivity index (χ0n) is 16.1. The number of likely N-dealkylation sites (N-methyl/N-ethyl adjacent to an activating group) is 1. The quantitative estimate of drug-likeness (QED) is 0.582. The predicted molar refractivity (Wildman–Crippen MR) is 104 cm³/mol. The van der Waals surface area contributed by atoms with Gasteiger partial charge in [0.1, 0.15) is 5.70 Å². The number of rotatable bonds is 6. The zero-order chi connectivity index (χ0) is 19.2. The van der Waals surface area contributed by atoms with Gasteiger partial charge in [-0.05, 0) is 50.9 Å². The van der Waals surface area contributed by atoms with Crippen LogP contribution in [0.5, 0.6) is 0 Å². The number of hydrogen-bond acceptors (Lipinski definition) is 7. The van der Waals surface area contributed by atoms with Gasteiger partial charge in [0.25, 0.3) is 5.91 Å². The second-order valence-corrected chi connectivity index (χ2v) is 7.26. The number of aromatic nitrogens is 2. The lowest BCUT2D eigenvalue weighted by Gasteiger charge is -2.36. The molecule has 2 amide bonds. The Hall–Kier alpha value is -2.48. The van der Waals surface area contributed by atoms with Crippen molar-refractivity contribution in [2.75, 3.05) is 45.2 Å². The first-order valence-corrected chi connectivity index (χ1v) is 9.54. The summed E-state index contributed by atoms with van der Waals surface area (Å²) in [5.74, 6) is 0.235. The maximum atomic E-state index is 12.0. The Kier molecular flexibility index (Phi) is 6.39. The summed E-state index contributed by atoms with van der Waals surface area (Å²) in [6.45, 7) is 4.36. The number of likely N-dealkylation sites (tertiary alicyclic amines) is 1. The van der Waals surface area contributed by atoms with Crippen LogP contribution >= 0.6 is 0 Å². The molecule has 0 radical (unpaired) electrons. The van der Waals surface area contributed by atoms with Gasteiger partial charge in [-0.2, -0.15) is 0 Å². The van der Waals surface area contributed by atoms with E-state index in [9.17, 15) is 9.59 Å². The van der Waals surface area contributed by atoms with Crippen LogP contribution < -0.4 is 10.2 Å². The van der Waals surface area contributed by atoms with E-state index in [1.165, 1.54) is 25.9 Å². The molecule has 27 heavy (non-hydrogen) atoms. The number of amides is 2. The fourth-order valence-electron chi connectivity index (χ4n) is 3.80. The maximum absolute atomic E-state index is 12.0. The molecule has 1 aromatic heterocycles. The molecule has 0 saturated carbocycles. The monoisotopic (exact) mass is 372 g/mol. The third-order valence-corrected chi connectivity index (χ3v) is 5.26. The third kappa shape index (κ3) is 4.82. The van der Waals surface area contributed by atoms with E-state index in [4.69, 9.17) is 0 Å². The van der Waals surface area contributed by atoms with Gasteiger partial charge in [0.15, 0.2) is 0 Å². The normalized spacial score (nSPS) is 19.2. The third-order valence-electron chi connectivity index (χ3n) is 5.26. The Bertz CT molecular complexity index is 691. The highest BCUT2D eigenvalue weighted by Crippen LogP contribution is 2.23. The molecule has 146 valence electrons. The summed E-state index contributed by atoms with van der Waals surface area (Å²) in [7, 11) is 3.50. The largest absolute Gasteiger partial charge is 0.373 e. The number of anilines is 1. The van der Waals surface area contributed by atoms with Crippen molar-refractivity contribution in [2.24, 2.45) is 0 Å². The van der Waals surface area contributed by atoms with Crippen molar-refractivity contribution in [3.8, 4) is 0 Å². The van der Waals surface area contributed by atoms with Gasteiger partial charge in [-0.15, -0.1) is 0 Å². The topological polar surface area (TPSA) is 81.7 Å². The van der Waals surface area contributed by atoms with Crippen LogP contribution in [0.25, 0.3) is 6.08 Å². The molecule has 0 aromatic carbocycles. The highest BCUT2D eigenvalue weighted by Gasteiger charge is 2.27. The molecule has 0 unspecified atom stereocenters. The van der Waals surface area contributed by atoms with Crippen molar-refractivity contribution in [3.05, 3.63) is 23.7 Å². The van der Waals surface area contributed by atoms with Crippen molar-refractivity contribution >= 4 is 24.3 Å². The van der Waals surface area contributed by atoms with Crippen LogP contribution in [0.2, 0.25) is 0 Å². The first-order chi connectivity index (χ1) is 13.1. The maximum Gasteiger partial charge on any atom is 0.273 e. The lowest BCUT2D eigenvalue weighted by molar-refractivity contribution is -0.123. The summed E-state index contributed by atoms with van der Waals surface area (Å²) in [6, 6.07) is 2.44. The molecule has 3 heterocycles. The molecule has 1 aromatic rings. The van der Waals surface area contributed by atoms with Gasteiger partial charge in [-0.25, -0.2) is 9.97 Å². The van der Waals surface area contributed by atoms with Crippen LogP contribution in [0.15, 0.2) is 18.0 Å². The molecule has 8 nitrogen and oxygen atoms in total. The molecule has 8 heteroatoms. The van der Waals surface area contributed by atoms with Crippen LogP contribution in [0, 0.1) is 0 Å². The average Bonchev–Trinajstić information content (AvgIpc) is 3.21. The van der Waals surface area contributed by atoms with Crippen LogP contribution in [0.1, 0.15) is 31.4 Å². The predicted octanol–water partition coefficient (Wildman–Crippen LogP) is 0.716. The standard InChI is InChI=1S/C19H28N6O2/c1-23(2)17(18(27)21-14-26)13-15-5-8-20-19(22-15)25-11-6-16(7-12-25)24-9-3-4-10-24/h5,8,13-14,16H,3-4,6-7,9-12H2,1-2H3,(H,21,26,27)/b17-13-. The number of nitrogens with one attached hydrogen (secondary N) is 1. The lowest BCUT2D eigenvalue weighted by Crippen LogP contribution is -2.44. The molecule has 0 spiro atoms. The number of nitrogens with zero attached hydrogens (tertiary/aromatic N) is 5. The van der Waals surface area contributed by atoms with E-state index in [2.05, 4.69) is 25.1 Å². The Labute approximate surface area is 160 Å². The van der Waals surface area contributed by atoms with Crippen molar-refractivity contribution in [2.45, 2.75) is 31.7 Å². The summed E-state index contributed by atoms with van der Waals surface area (Å²) >= 11 is 0. The van der Waals surface area contributed by atoms with E-state index in [1.807, 2.05) is 0 Å². The second-order valence-electron chi connectivity index (χ2n) is 7.26. The van der Waals surface area contributed by atoms with Crippen molar-refractivity contribution in [1.82, 2.24) is 25.1 Å². The first-order valence-electron chi connectivity index (χ1n) is 9.54. The van der Waals surface area contributed by atoms with E-state index in [-0.39, 0.29) is 0 Å². The molecule has 2 fully saturated rings. The van der Waals surface area contributed by atoms with Crippen molar-refractivity contribution < 1.29 is 9.59 Å². The number of carbonyl (C=O) groups is 2. The van der Waals surface area contributed by atoms with E-state index in [0.717, 1.165) is 25.9 Å². The molecular weight excluding hydrogens is 344 g/mol. The van der Waals surface area contributed by atoms with E-state index < -0.39 is 5.91 Å². The van der Waals surface area contributed by atoms with E-state index in [1.54, 1.807) is 37.3 Å². The van der Waals surface area contributed by atoms with Gasteiger partial charge in [0, 0.05) is 39.4 Å². The van der Waals surface area contributed by atoms with Crippen LogP contribution in [0.4, 0.5) is 5.95 Å². The number of imide groups is 1. The van der Waals surface area contributed by atoms with Crippen LogP contribution in [-0.4, -0.2) is 78.4 Å². The summed E-state index contributed by atoms with van der Waals surface area (Å²) in [5, 5.41) is 2.17. The first kappa shape index (κ1) is 19.3. The smallest absolute Gasteiger partial charge is 0.273 e. The number of piperidine rings is 1. The lowest BCUT2D eigenvalue weighted by atomic mass is 10.0. The van der Waals surface area contributed by atoms with Gasteiger partial charge >= 0.3 is 0 Å². The molecule has 2 aliphatic rings. The van der Waals surface area contributed by atoms with Gasteiger partial charge in [0.05, 0.1) is 5.69 Å². The molecule has 2 aliphatic heterocycles. The Morgan fingerprint density at radius 3 is 2.56 bits per heavy atom. The Morgan fingerprint density at radius 2 is 1.93 bits per heavy atom. The fraction of sp³-hybridized carbons (Fsp3) is 0.579. The molecule has 0 atom stereocenters. The highest BCUT2D eigenvalue weighted by molar-refractivity contribution is 6.01. The van der Waals surface area contributed by atoms with Gasteiger partial charge < -0.3 is 14.7 Å². The molecule has 3 rings (SSSR count). The van der Waals surface area contributed by atoms with E-state index >= 15 is 0 Å². The fourth-order valence-corrected chi connectivity index (χ4v) is 3.80. The van der Waals surface area contributed by atoms with Crippen molar-refractivity contribution in [3.63, 3.8) is 0 Å². The minimum absolute atomic E-state index is 0.361. The SMILES string of the molecule is CN(C)/C(=C\c1ccnc(N2CCC(N3CCCC3)CC2)n1)C(=O)NC=O. The summed E-state index contributed by atoms with van der Waals surface area (Å²) in [5.41, 5.74) is 1.01. The molecule has 2 saturated heterocycles. The van der Waals surface area contributed by atoms with Gasteiger partial charge in [-0.3, -0.25) is 14.9 Å². The molecule has 1 N–H and O–H groups in total. The highest BCUT2D eigenvalue weighted by atomic mass is 16.2. The summed E-state index contributed by atoms with van der Waals surface area (Å²) in [6.07, 6.45) is 8.68. The Morgan fingerprint density at radius 1 is 1.22 bits per heavy atom. The molecular formula is C19H28N6O2. The number of carbonyl (C=O) groups excluding carboxylic acids is 2. The van der Waals surface area contributed by atoms with Crippen molar-refractivity contribution in [1.29, 1.82) is 0 Å². The molecule has 0 bridgehead atoms. The second kappa shape index (κ2) is 8.94. The van der Waals surface area contributed by atoms with E-state index in [0.29, 0.717) is 29.8 Å². The van der Waals surface area contributed by atoms with Crippen LogP contribution in [-0.2, 0) is 9.59 Å².